The van der Waals surface area contributed by atoms with E-state index in [4.69, 9.17) is 9.15 Å². The van der Waals surface area contributed by atoms with Gasteiger partial charge in [-0.25, -0.2) is 0 Å². The van der Waals surface area contributed by atoms with E-state index in [0.717, 1.165) is 101 Å². The molecule has 0 N–H and O–H groups in total. The molecule has 0 radical (unpaired) electrons. The third-order valence-corrected chi connectivity index (χ3v) is 12.1. The van der Waals surface area contributed by atoms with Gasteiger partial charge in [0.15, 0.2) is 5.75 Å². The molecule has 0 amide bonds. The quantitative estimate of drug-likeness (QED) is 0.153. The number of para-hydroxylation sites is 5. The van der Waals surface area contributed by atoms with E-state index in [-0.39, 0.29) is 0 Å². The number of ether oxygens (including phenoxy) is 1. The first-order valence-corrected chi connectivity index (χ1v) is 21.0. The molecular weight excluding hydrogens is 757 g/mol. The van der Waals surface area contributed by atoms with Gasteiger partial charge in [-0.1, -0.05) is 158 Å². The highest BCUT2D eigenvalue weighted by molar-refractivity contribution is 6.12. The summed E-state index contributed by atoms with van der Waals surface area (Å²) in [6.07, 6.45) is 0. The minimum atomic E-state index is 0.828. The lowest BCUT2D eigenvalue weighted by atomic mass is 9.92. The standard InChI is InChI=1S/C58H38N2O2/c1-4-15-39(16-5-1)40-29-33-44(34-30-40)59(45-35-31-41(32-36-45)46-22-12-24-49-47-21-10-11-28-54(47)61-57(46)49)52-37-38-55-56-48(23-13-26-51(52)56)50-25-14-27-53(58(50)62-55)60(42-17-6-2-7-18-42)43-19-8-3-9-20-43/h1-38H. The van der Waals surface area contributed by atoms with E-state index >= 15 is 0 Å². The molecule has 292 valence electrons. The molecule has 0 unspecified atom stereocenters. The second-order valence-electron chi connectivity index (χ2n) is 15.6. The summed E-state index contributed by atoms with van der Waals surface area (Å²) in [6, 6.07) is 81.3. The number of rotatable bonds is 8. The van der Waals surface area contributed by atoms with Gasteiger partial charge in [0.1, 0.15) is 16.9 Å². The van der Waals surface area contributed by atoms with Crippen LogP contribution < -0.4 is 14.5 Å². The van der Waals surface area contributed by atoms with Crippen molar-refractivity contribution in [2.45, 2.75) is 0 Å². The van der Waals surface area contributed by atoms with Gasteiger partial charge in [0, 0.05) is 55.4 Å². The summed E-state index contributed by atoms with van der Waals surface area (Å²) in [7, 11) is 0. The Balaban J connectivity index is 1.00. The van der Waals surface area contributed by atoms with E-state index in [1.807, 2.05) is 12.1 Å². The molecule has 0 fully saturated rings. The van der Waals surface area contributed by atoms with Crippen molar-refractivity contribution in [3.05, 3.63) is 231 Å². The van der Waals surface area contributed by atoms with Crippen LogP contribution in [0.1, 0.15) is 0 Å². The summed E-state index contributed by atoms with van der Waals surface area (Å²) in [5.41, 5.74) is 14.7. The van der Waals surface area contributed by atoms with Gasteiger partial charge >= 0.3 is 0 Å². The zero-order chi connectivity index (χ0) is 41.0. The lowest BCUT2D eigenvalue weighted by Crippen LogP contribution is -2.13. The van der Waals surface area contributed by atoms with Crippen LogP contribution in [0.3, 0.4) is 0 Å². The largest absolute Gasteiger partial charge is 0.455 e. The number of anilines is 6. The van der Waals surface area contributed by atoms with E-state index in [1.165, 1.54) is 11.1 Å². The molecule has 1 aromatic heterocycles. The average Bonchev–Trinajstić information content (AvgIpc) is 3.73. The third-order valence-electron chi connectivity index (χ3n) is 12.1. The summed E-state index contributed by atoms with van der Waals surface area (Å²) in [6.45, 7) is 0. The third kappa shape index (κ3) is 5.92. The number of fused-ring (bicyclic) bond motifs is 5. The summed E-state index contributed by atoms with van der Waals surface area (Å²) < 4.78 is 13.5. The normalized spacial score (nSPS) is 11.7. The lowest BCUT2D eigenvalue weighted by Gasteiger charge is -2.32. The fourth-order valence-corrected chi connectivity index (χ4v) is 9.20. The van der Waals surface area contributed by atoms with Crippen LogP contribution in [0.2, 0.25) is 0 Å². The molecule has 10 aromatic carbocycles. The van der Waals surface area contributed by atoms with Crippen molar-refractivity contribution in [1.29, 1.82) is 0 Å². The molecule has 4 nitrogen and oxygen atoms in total. The molecule has 0 spiro atoms. The Hall–Kier alpha value is -8.34. The van der Waals surface area contributed by atoms with Crippen molar-refractivity contribution in [3.63, 3.8) is 0 Å². The molecule has 4 heteroatoms. The molecule has 62 heavy (non-hydrogen) atoms. The summed E-state index contributed by atoms with van der Waals surface area (Å²) in [5, 5.41) is 4.43. The van der Waals surface area contributed by atoms with Crippen LogP contribution in [0.5, 0.6) is 11.5 Å². The van der Waals surface area contributed by atoms with Crippen LogP contribution in [0.4, 0.5) is 34.1 Å². The van der Waals surface area contributed by atoms with E-state index < -0.39 is 0 Å². The number of hydrogen-bond acceptors (Lipinski definition) is 4. The van der Waals surface area contributed by atoms with Gasteiger partial charge in [-0.05, 0) is 95.1 Å². The second kappa shape index (κ2) is 14.7. The SMILES string of the molecule is c1ccc(-c2ccc(N(c3ccc(-c4cccc5c4oc4ccccc45)cc3)c3ccc4c5c(cccc35)-c3cccc(N(c5ccccc5)c5ccccc5)c3O4)cc2)cc1. The fourth-order valence-electron chi connectivity index (χ4n) is 9.20. The van der Waals surface area contributed by atoms with E-state index in [2.05, 4.69) is 228 Å². The van der Waals surface area contributed by atoms with Gasteiger partial charge in [-0.3, -0.25) is 0 Å². The van der Waals surface area contributed by atoms with Crippen LogP contribution >= 0.6 is 0 Å². The Kier molecular flexibility index (Phi) is 8.46. The van der Waals surface area contributed by atoms with Crippen LogP contribution in [0.25, 0.3) is 66.1 Å². The Morgan fingerprint density at radius 3 is 1.53 bits per heavy atom. The molecule has 1 aliphatic heterocycles. The molecule has 0 aliphatic carbocycles. The minimum absolute atomic E-state index is 0.828. The molecular formula is C58H38N2O2. The molecule has 1 aliphatic rings. The Morgan fingerprint density at radius 2 is 0.823 bits per heavy atom. The van der Waals surface area contributed by atoms with E-state index in [1.54, 1.807) is 0 Å². The maximum atomic E-state index is 7.07. The number of hydrogen-bond donors (Lipinski definition) is 0. The Labute approximate surface area is 359 Å². The average molecular weight is 795 g/mol. The van der Waals surface area contributed by atoms with Crippen molar-refractivity contribution in [1.82, 2.24) is 0 Å². The zero-order valence-electron chi connectivity index (χ0n) is 33.7. The smallest absolute Gasteiger partial charge is 0.159 e. The molecule has 2 heterocycles. The minimum Gasteiger partial charge on any atom is -0.455 e. The van der Waals surface area contributed by atoms with Crippen LogP contribution in [-0.2, 0) is 0 Å². The van der Waals surface area contributed by atoms with Gasteiger partial charge in [0.25, 0.3) is 0 Å². The zero-order valence-corrected chi connectivity index (χ0v) is 33.7. The topological polar surface area (TPSA) is 28.9 Å². The molecule has 0 saturated heterocycles. The van der Waals surface area contributed by atoms with Gasteiger partial charge in [0.05, 0.1) is 11.4 Å². The molecule has 0 atom stereocenters. The summed E-state index contributed by atoms with van der Waals surface area (Å²) >= 11 is 0. The fraction of sp³-hybridized carbons (Fsp3) is 0. The van der Waals surface area contributed by atoms with Crippen LogP contribution in [-0.4, -0.2) is 0 Å². The second-order valence-corrected chi connectivity index (χ2v) is 15.6. The highest BCUT2D eigenvalue weighted by Gasteiger charge is 2.28. The van der Waals surface area contributed by atoms with Crippen LogP contribution in [0, 0.1) is 0 Å². The van der Waals surface area contributed by atoms with Gasteiger partial charge in [-0.15, -0.1) is 0 Å². The van der Waals surface area contributed by atoms with Crippen molar-refractivity contribution in [2.75, 3.05) is 9.80 Å². The lowest BCUT2D eigenvalue weighted by molar-refractivity contribution is 0.488. The van der Waals surface area contributed by atoms with Gasteiger partial charge in [0.2, 0.25) is 0 Å². The predicted octanol–water partition coefficient (Wildman–Crippen LogP) is 16.8. The molecule has 12 rings (SSSR count). The predicted molar refractivity (Wildman–Crippen MR) is 257 cm³/mol. The monoisotopic (exact) mass is 794 g/mol. The van der Waals surface area contributed by atoms with Crippen molar-refractivity contribution < 1.29 is 9.15 Å². The van der Waals surface area contributed by atoms with E-state index in [0.29, 0.717) is 0 Å². The Morgan fingerprint density at radius 1 is 0.306 bits per heavy atom. The molecule has 0 saturated carbocycles. The first-order chi connectivity index (χ1) is 30.8. The first-order valence-electron chi connectivity index (χ1n) is 21.0. The maximum absolute atomic E-state index is 7.07. The summed E-state index contributed by atoms with van der Waals surface area (Å²) in [5.74, 6) is 1.66. The van der Waals surface area contributed by atoms with Crippen LogP contribution in [0.15, 0.2) is 235 Å². The first kappa shape index (κ1) is 35.6. The summed E-state index contributed by atoms with van der Waals surface area (Å²) in [4.78, 5) is 4.64. The number of furan rings is 1. The Bertz CT molecular complexity index is 3380. The highest BCUT2D eigenvalue weighted by atomic mass is 16.5. The molecule has 0 bridgehead atoms. The number of benzene rings is 10. The van der Waals surface area contributed by atoms with Crippen molar-refractivity contribution in [3.8, 4) is 44.9 Å². The highest BCUT2D eigenvalue weighted by Crippen LogP contribution is 2.55. The van der Waals surface area contributed by atoms with Gasteiger partial charge in [-0.2, -0.15) is 0 Å². The molecule has 11 aromatic rings. The maximum Gasteiger partial charge on any atom is 0.159 e. The van der Waals surface area contributed by atoms with Gasteiger partial charge < -0.3 is 19.0 Å². The van der Waals surface area contributed by atoms with Crippen molar-refractivity contribution in [2.24, 2.45) is 0 Å². The van der Waals surface area contributed by atoms with Crippen molar-refractivity contribution >= 4 is 66.8 Å². The van der Waals surface area contributed by atoms with E-state index in [9.17, 15) is 0 Å². The number of nitrogens with zero attached hydrogens (tertiary/aromatic N) is 2.